The lowest BCUT2D eigenvalue weighted by molar-refractivity contribution is 0.0223. The quantitative estimate of drug-likeness (QED) is 0.142. The van der Waals surface area contributed by atoms with E-state index in [0.29, 0.717) is 26.3 Å². The van der Waals surface area contributed by atoms with Crippen molar-refractivity contribution in [3.8, 4) is 11.5 Å². The highest BCUT2D eigenvalue weighted by atomic mass is 127. The predicted molar refractivity (Wildman–Crippen MR) is 166 cm³/mol. The van der Waals surface area contributed by atoms with Crippen molar-refractivity contribution in [2.24, 2.45) is 0 Å². The Hall–Kier alpha value is -3.27. The number of hydrogen-bond donors (Lipinski definition) is 1. The van der Waals surface area contributed by atoms with E-state index in [0.717, 1.165) is 53.4 Å². The molecule has 0 unspecified atom stereocenters. The summed E-state index contributed by atoms with van der Waals surface area (Å²) in [4.78, 5) is 18.9. The number of benzene rings is 2. The molecule has 2 heterocycles. The zero-order valence-corrected chi connectivity index (χ0v) is 25.3. The van der Waals surface area contributed by atoms with Crippen LogP contribution in [-0.4, -0.2) is 41.3 Å². The molecule has 4 rings (SSSR count). The van der Waals surface area contributed by atoms with Gasteiger partial charge in [0.1, 0.15) is 23.7 Å². The molecule has 0 spiro atoms. The van der Waals surface area contributed by atoms with Gasteiger partial charge in [-0.1, -0.05) is 24.8 Å². The fourth-order valence-electron chi connectivity index (χ4n) is 4.31. The third-order valence-electron chi connectivity index (χ3n) is 6.08. The number of pyridine rings is 1. The predicted octanol–water partition coefficient (Wildman–Crippen LogP) is 7.31. The number of amides is 1. The van der Waals surface area contributed by atoms with Gasteiger partial charge in [0.05, 0.1) is 18.0 Å². The van der Waals surface area contributed by atoms with Gasteiger partial charge in [-0.25, -0.2) is 4.79 Å². The molecule has 8 heteroatoms. The molecule has 208 valence electrons. The van der Waals surface area contributed by atoms with E-state index in [4.69, 9.17) is 14.2 Å². The van der Waals surface area contributed by atoms with Gasteiger partial charge >= 0.3 is 6.09 Å². The van der Waals surface area contributed by atoms with Crippen molar-refractivity contribution >= 4 is 41.4 Å². The van der Waals surface area contributed by atoms with Gasteiger partial charge < -0.3 is 24.4 Å². The van der Waals surface area contributed by atoms with Crippen molar-refractivity contribution in [3.63, 3.8) is 0 Å². The lowest BCUT2D eigenvalue weighted by Crippen LogP contribution is -2.40. The fraction of sp³-hybridized carbons (Fsp3) is 0.355. The van der Waals surface area contributed by atoms with Gasteiger partial charge in [-0.15, -0.1) is 24.0 Å². The van der Waals surface area contributed by atoms with Crippen molar-refractivity contribution in [3.05, 3.63) is 90.3 Å². The van der Waals surface area contributed by atoms with E-state index in [1.54, 1.807) is 11.0 Å². The van der Waals surface area contributed by atoms with Crippen LogP contribution in [0.1, 0.15) is 44.0 Å². The first-order valence-corrected chi connectivity index (χ1v) is 13.1. The molecule has 3 aromatic rings. The molecule has 0 saturated carbocycles. The highest BCUT2D eigenvalue weighted by Crippen LogP contribution is 2.29. The summed E-state index contributed by atoms with van der Waals surface area (Å²) in [5, 5.41) is 3.46. The standard InChI is InChI=1S/C31H37N3O4.HI/c1-5-20-36-25-15-13-24(14-16-25)33-28-10-7-18-32-27(28)11-8-21-37-29-12-6-9-23-22-34(19-17-26(23)29)30(35)38-31(2,3)4;/h5-7,9-10,12-16,18,33H,1,8,11,17,19-22H2,2-4H3;1H. The molecule has 7 nitrogen and oxygen atoms in total. The molecule has 0 saturated heterocycles. The first kappa shape index (κ1) is 30.3. The summed E-state index contributed by atoms with van der Waals surface area (Å²) in [6.45, 7) is 11.5. The molecule has 1 aliphatic heterocycles. The van der Waals surface area contributed by atoms with Gasteiger partial charge in [0.15, 0.2) is 0 Å². The smallest absolute Gasteiger partial charge is 0.410 e. The molecule has 39 heavy (non-hydrogen) atoms. The Labute approximate surface area is 248 Å². The molecule has 1 aliphatic rings. The maximum absolute atomic E-state index is 12.5. The number of carbonyl (C=O) groups excluding carboxylic acids is 1. The van der Waals surface area contributed by atoms with Crippen LogP contribution in [0.25, 0.3) is 0 Å². The van der Waals surface area contributed by atoms with Crippen LogP contribution in [0.5, 0.6) is 11.5 Å². The number of nitrogens with zero attached hydrogens (tertiary/aromatic N) is 2. The maximum atomic E-state index is 12.5. The lowest BCUT2D eigenvalue weighted by Gasteiger charge is -2.31. The number of aryl methyl sites for hydroxylation is 1. The number of ether oxygens (including phenoxy) is 3. The SMILES string of the molecule is C=CCOc1ccc(Nc2cccnc2CCCOc2cccc3c2CCN(C(=O)OC(C)(C)C)C3)cc1.I. The van der Waals surface area contributed by atoms with Gasteiger partial charge in [0.2, 0.25) is 0 Å². The second-order valence-corrected chi connectivity index (χ2v) is 10.2. The normalized spacial score (nSPS) is 12.5. The topological polar surface area (TPSA) is 72.9 Å². The van der Waals surface area contributed by atoms with Crippen LogP contribution in [0.4, 0.5) is 16.2 Å². The number of hydrogen-bond acceptors (Lipinski definition) is 6. The van der Waals surface area contributed by atoms with E-state index in [1.165, 1.54) is 5.56 Å². The third-order valence-corrected chi connectivity index (χ3v) is 6.08. The summed E-state index contributed by atoms with van der Waals surface area (Å²) >= 11 is 0. The van der Waals surface area contributed by atoms with Crippen LogP contribution >= 0.6 is 24.0 Å². The number of nitrogens with one attached hydrogen (secondary N) is 1. The summed E-state index contributed by atoms with van der Waals surface area (Å²) in [5.41, 5.74) is 4.72. The first-order chi connectivity index (χ1) is 18.3. The van der Waals surface area contributed by atoms with Crippen LogP contribution in [0.2, 0.25) is 0 Å². The molecule has 2 aromatic carbocycles. The summed E-state index contributed by atoms with van der Waals surface area (Å²) in [5.74, 6) is 1.70. The van der Waals surface area contributed by atoms with Gasteiger partial charge in [-0.3, -0.25) is 4.98 Å². The molecule has 0 atom stereocenters. The Morgan fingerprint density at radius 2 is 1.90 bits per heavy atom. The maximum Gasteiger partial charge on any atom is 0.410 e. The summed E-state index contributed by atoms with van der Waals surface area (Å²) < 4.78 is 17.3. The Kier molecular flexibility index (Phi) is 11.0. The first-order valence-electron chi connectivity index (χ1n) is 13.1. The average Bonchev–Trinajstić information content (AvgIpc) is 2.90. The van der Waals surface area contributed by atoms with Crippen LogP contribution in [0.3, 0.4) is 0 Å². The van der Waals surface area contributed by atoms with E-state index in [9.17, 15) is 4.79 Å². The van der Waals surface area contributed by atoms with E-state index in [1.807, 2.05) is 75.5 Å². The molecular formula is C31H38IN3O4. The average molecular weight is 644 g/mol. The van der Waals surface area contributed by atoms with Crippen molar-refractivity contribution in [1.82, 2.24) is 9.88 Å². The Bertz CT molecular complexity index is 1240. The molecule has 0 fully saturated rings. The largest absolute Gasteiger partial charge is 0.493 e. The molecule has 1 N–H and O–H groups in total. The van der Waals surface area contributed by atoms with Crippen molar-refractivity contribution < 1.29 is 19.0 Å². The van der Waals surface area contributed by atoms with E-state index in [2.05, 4.69) is 22.9 Å². The molecular weight excluding hydrogens is 605 g/mol. The molecule has 0 bridgehead atoms. The fourth-order valence-corrected chi connectivity index (χ4v) is 4.31. The van der Waals surface area contributed by atoms with Crippen molar-refractivity contribution in [1.29, 1.82) is 0 Å². The number of anilines is 2. The monoisotopic (exact) mass is 643 g/mol. The lowest BCUT2D eigenvalue weighted by atomic mass is 9.99. The Balaban J connectivity index is 0.00000420. The second kappa shape index (κ2) is 14.2. The zero-order valence-electron chi connectivity index (χ0n) is 22.9. The number of rotatable bonds is 10. The Morgan fingerprint density at radius 3 is 2.64 bits per heavy atom. The third kappa shape index (κ3) is 8.88. The zero-order chi connectivity index (χ0) is 27.0. The van der Waals surface area contributed by atoms with Crippen molar-refractivity contribution in [2.45, 2.75) is 52.2 Å². The Morgan fingerprint density at radius 1 is 1.10 bits per heavy atom. The summed E-state index contributed by atoms with van der Waals surface area (Å²) in [6, 6.07) is 17.9. The van der Waals surface area contributed by atoms with Crippen LogP contribution in [-0.2, 0) is 24.1 Å². The minimum absolute atomic E-state index is 0. The van der Waals surface area contributed by atoms with Crippen LogP contribution in [0.15, 0.2) is 73.4 Å². The van der Waals surface area contributed by atoms with Gasteiger partial charge in [-0.05, 0) is 88.1 Å². The molecule has 1 amide bonds. The number of aromatic nitrogens is 1. The highest BCUT2D eigenvalue weighted by molar-refractivity contribution is 14.0. The second-order valence-electron chi connectivity index (χ2n) is 10.2. The van der Waals surface area contributed by atoms with Gasteiger partial charge in [0.25, 0.3) is 0 Å². The van der Waals surface area contributed by atoms with E-state index < -0.39 is 5.60 Å². The molecule has 0 aliphatic carbocycles. The number of halogens is 1. The minimum Gasteiger partial charge on any atom is -0.493 e. The van der Waals surface area contributed by atoms with Gasteiger partial charge in [-0.2, -0.15) is 0 Å². The highest BCUT2D eigenvalue weighted by Gasteiger charge is 2.27. The molecule has 1 aromatic heterocycles. The minimum atomic E-state index is -0.504. The molecule has 0 radical (unpaired) electrons. The number of fused-ring (bicyclic) bond motifs is 1. The van der Waals surface area contributed by atoms with E-state index in [-0.39, 0.29) is 30.1 Å². The van der Waals surface area contributed by atoms with Crippen molar-refractivity contribution in [2.75, 3.05) is 25.1 Å². The summed E-state index contributed by atoms with van der Waals surface area (Å²) in [6.07, 6.45) is 5.63. The van der Waals surface area contributed by atoms with Gasteiger partial charge in [0, 0.05) is 30.5 Å². The van der Waals surface area contributed by atoms with Crippen LogP contribution in [0, 0.1) is 0 Å². The number of carbonyl (C=O) groups is 1. The van der Waals surface area contributed by atoms with E-state index >= 15 is 0 Å². The van der Waals surface area contributed by atoms with Crippen LogP contribution < -0.4 is 14.8 Å². The summed E-state index contributed by atoms with van der Waals surface area (Å²) in [7, 11) is 0.